The summed E-state index contributed by atoms with van der Waals surface area (Å²) in [5.74, 6) is -0.865. The molecule has 1 heterocycles. The van der Waals surface area contributed by atoms with Gasteiger partial charge in [0.05, 0.1) is 5.56 Å². The average molecular weight is 248 g/mol. The predicted octanol–water partition coefficient (Wildman–Crippen LogP) is 1.52. The van der Waals surface area contributed by atoms with Gasteiger partial charge in [-0.25, -0.2) is 4.79 Å². The number of hydrogen-bond donors (Lipinski definition) is 1. The van der Waals surface area contributed by atoms with E-state index in [1.54, 1.807) is 12.1 Å². The van der Waals surface area contributed by atoms with Gasteiger partial charge in [-0.2, -0.15) is 0 Å². The van der Waals surface area contributed by atoms with Crippen LogP contribution in [0.15, 0.2) is 24.3 Å². The Kier molecular flexibility index (Phi) is 3.99. The van der Waals surface area contributed by atoms with Crippen molar-refractivity contribution in [2.24, 2.45) is 0 Å². The minimum atomic E-state index is -0.865. The van der Waals surface area contributed by atoms with Gasteiger partial charge in [0.1, 0.15) is 0 Å². The Morgan fingerprint density at radius 1 is 1.39 bits per heavy atom. The molecule has 2 rings (SSSR count). The minimum absolute atomic E-state index is 0.353. The normalized spacial score (nSPS) is 20.5. The van der Waals surface area contributed by atoms with Crippen molar-refractivity contribution in [2.45, 2.75) is 19.0 Å². The summed E-state index contributed by atoms with van der Waals surface area (Å²) in [6.07, 6.45) is 1.21. The van der Waals surface area contributed by atoms with E-state index in [1.807, 2.05) is 12.1 Å². The van der Waals surface area contributed by atoms with E-state index in [4.69, 9.17) is 5.11 Å². The Morgan fingerprint density at radius 3 is 2.56 bits per heavy atom. The number of carbonyl (C=O) groups is 1. The van der Waals surface area contributed by atoms with Crippen molar-refractivity contribution in [1.82, 2.24) is 9.80 Å². The summed E-state index contributed by atoms with van der Waals surface area (Å²) in [7, 11) is 4.24. The number of benzene rings is 1. The van der Waals surface area contributed by atoms with Crippen LogP contribution < -0.4 is 0 Å². The third-order valence-electron chi connectivity index (χ3n) is 3.58. The van der Waals surface area contributed by atoms with Crippen molar-refractivity contribution in [2.75, 3.05) is 27.2 Å². The fourth-order valence-corrected chi connectivity index (χ4v) is 2.39. The van der Waals surface area contributed by atoms with Gasteiger partial charge in [0.2, 0.25) is 0 Å². The van der Waals surface area contributed by atoms with Crippen molar-refractivity contribution >= 4 is 5.97 Å². The van der Waals surface area contributed by atoms with E-state index < -0.39 is 5.97 Å². The van der Waals surface area contributed by atoms with Gasteiger partial charge >= 0.3 is 5.97 Å². The summed E-state index contributed by atoms with van der Waals surface area (Å²) in [6.45, 7) is 3.11. The number of likely N-dealkylation sites (tertiary alicyclic amines) is 1. The number of nitrogens with zero attached hydrogens (tertiary/aromatic N) is 2. The van der Waals surface area contributed by atoms with E-state index in [1.165, 1.54) is 12.0 Å². The Balaban J connectivity index is 1.92. The standard InChI is InChI=1S/C14H20N2O2/c1-15(2)13-7-8-16(10-13)9-11-3-5-12(6-4-11)14(17)18/h3-6,13H,7-10H2,1-2H3,(H,17,18)/t13-/m0/s1. The molecular weight excluding hydrogens is 228 g/mol. The molecule has 1 aliphatic heterocycles. The van der Waals surface area contributed by atoms with Crippen LogP contribution in [0.1, 0.15) is 22.3 Å². The first kappa shape index (κ1) is 13.1. The molecule has 0 spiro atoms. The molecule has 0 unspecified atom stereocenters. The van der Waals surface area contributed by atoms with E-state index in [0.29, 0.717) is 11.6 Å². The van der Waals surface area contributed by atoms with E-state index in [2.05, 4.69) is 23.9 Å². The van der Waals surface area contributed by atoms with Crippen LogP contribution in [0.2, 0.25) is 0 Å². The quantitative estimate of drug-likeness (QED) is 0.877. The zero-order chi connectivity index (χ0) is 13.1. The van der Waals surface area contributed by atoms with E-state index in [0.717, 1.165) is 19.6 Å². The number of likely N-dealkylation sites (N-methyl/N-ethyl adjacent to an activating group) is 1. The first-order chi connectivity index (χ1) is 8.56. The summed E-state index contributed by atoms with van der Waals surface area (Å²) >= 11 is 0. The summed E-state index contributed by atoms with van der Waals surface area (Å²) in [5.41, 5.74) is 1.53. The third kappa shape index (κ3) is 3.09. The molecule has 1 saturated heterocycles. The molecule has 0 aromatic heterocycles. The van der Waals surface area contributed by atoms with Gasteiger partial charge in [0.15, 0.2) is 0 Å². The Bertz CT molecular complexity index is 414. The van der Waals surface area contributed by atoms with Gasteiger partial charge in [0.25, 0.3) is 0 Å². The lowest BCUT2D eigenvalue weighted by Crippen LogP contribution is -2.31. The zero-order valence-electron chi connectivity index (χ0n) is 11.0. The molecule has 1 aromatic rings. The van der Waals surface area contributed by atoms with Crippen molar-refractivity contribution in [3.8, 4) is 0 Å². The third-order valence-corrected chi connectivity index (χ3v) is 3.58. The van der Waals surface area contributed by atoms with Gasteiger partial charge in [-0.15, -0.1) is 0 Å². The molecule has 0 bridgehead atoms. The smallest absolute Gasteiger partial charge is 0.335 e. The summed E-state index contributed by atoms with van der Waals surface area (Å²) < 4.78 is 0. The van der Waals surface area contributed by atoms with Crippen LogP contribution in [-0.4, -0.2) is 54.1 Å². The molecule has 1 N–H and O–H groups in total. The Morgan fingerprint density at radius 2 is 2.06 bits per heavy atom. The Hall–Kier alpha value is -1.39. The molecule has 4 nitrogen and oxygen atoms in total. The second-order valence-electron chi connectivity index (χ2n) is 5.14. The van der Waals surface area contributed by atoms with Crippen LogP contribution in [0.25, 0.3) is 0 Å². The average Bonchev–Trinajstić information content (AvgIpc) is 2.78. The highest BCUT2D eigenvalue weighted by Crippen LogP contribution is 2.16. The van der Waals surface area contributed by atoms with E-state index >= 15 is 0 Å². The molecule has 0 aliphatic carbocycles. The van der Waals surface area contributed by atoms with Gasteiger partial charge in [-0.3, -0.25) is 4.90 Å². The molecule has 0 amide bonds. The van der Waals surface area contributed by atoms with Gasteiger partial charge in [-0.1, -0.05) is 12.1 Å². The first-order valence-electron chi connectivity index (χ1n) is 6.27. The first-order valence-corrected chi connectivity index (χ1v) is 6.27. The molecule has 98 valence electrons. The molecule has 1 aromatic carbocycles. The highest BCUT2D eigenvalue weighted by atomic mass is 16.4. The second kappa shape index (κ2) is 5.50. The highest BCUT2D eigenvalue weighted by molar-refractivity contribution is 5.87. The minimum Gasteiger partial charge on any atom is -0.478 e. The lowest BCUT2D eigenvalue weighted by molar-refractivity contribution is 0.0697. The maximum Gasteiger partial charge on any atom is 0.335 e. The summed E-state index contributed by atoms with van der Waals surface area (Å²) in [4.78, 5) is 15.4. The molecular formula is C14H20N2O2. The molecule has 0 radical (unpaired) electrons. The summed E-state index contributed by atoms with van der Waals surface area (Å²) in [5, 5.41) is 8.84. The van der Waals surface area contributed by atoms with E-state index in [9.17, 15) is 4.79 Å². The highest BCUT2D eigenvalue weighted by Gasteiger charge is 2.23. The monoisotopic (exact) mass is 248 g/mol. The fourth-order valence-electron chi connectivity index (χ4n) is 2.39. The largest absolute Gasteiger partial charge is 0.478 e. The van der Waals surface area contributed by atoms with Crippen LogP contribution in [0.5, 0.6) is 0 Å². The summed E-state index contributed by atoms with van der Waals surface area (Å²) in [6, 6.07) is 7.82. The zero-order valence-corrected chi connectivity index (χ0v) is 11.0. The second-order valence-corrected chi connectivity index (χ2v) is 5.14. The van der Waals surface area contributed by atoms with Crippen molar-refractivity contribution in [3.05, 3.63) is 35.4 Å². The van der Waals surface area contributed by atoms with Gasteiger partial charge in [0, 0.05) is 25.7 Å². The number of aromatic carboxylic acids is 1. The topological polar surface area (TPSA) is 43.8 Å². The van der Waals surface area contributed by atoms with Crippen LogP contribution in [-0.2, 0) is 6.54 Å². The maximum absolute atomic E-state index is 10.8. The van der Waals surface area contributed by atoms with Gasteiger partial charge in [-0.05, 0) is 38.2 Å². The lowest BCUT2D eigenvalue weighted by Gasteiger charge is -2.20. The van der Waals surface area contributed by atoms with Crippen LogP contribution >= 0.6 is 0 Å². The fraction of sp³-hybridized carbons (Fsp3) is 0.500. The predicted molar refractivity (Wildman–Crippen MR) is 70.8 cm³/mol. The molecule has 4 heteroatoms. The van der Waals surface area contributed by atoms with Crippen molar-refractivity contribution < 1.29 is 9.90 Å². The van der Waals surface area contributed by atoms with Gasteiger partial charge < -0.3 is 10.0 Å². The number of carboxylic acids is 1. The van der Waals surface area contributed by atoms with Crippen molar-refractivity contribution in [3.63, 3.8) is 0 Å². The van der Waals surface area contributed by atoms with E-state index in [-0.39, 0.29) is 0 Å². The van der Waals surface area contributed by atoms with Crippen molar-refractivity contribution in [1.29, 1.82) is 0 Å². The van der Waals surface area contributed by atoms with Crippen LogP contribution in [0.4, 0.5) is 0 Å². The SMILES string of the molecule is CN(C)[C@H]1CCN(Cc2ccc(C(=O)O)cc2)C1. The molecule has 0 saturated carbocycles. The molecule has 1 atom stereocenters. The number of hydrogen-bond acceptors (Lipinski definition) is 3. The Labute approximate surface area is 108 Å². The molecule has 1 aliphatic rings. The number of rotatable bonds is 4. The van der Waals surface area contributed by atoms with Crippen LogP contribution in [0.3, 0.4) is 0 Å². The maximum atomic E-state index is 10.8. The van der Waals surface area contributed by atoms with Crippen LogP contribution in [0, 0.1) is 0 Å². The number of carboxylic acid groups (broad SMARTS) is 1. The molecule has 18 heavy (non-hydrogen) atoms. The lowest BCUT2D eigenvalue weighted by atomic mass is 10.1. The molecule has 1 fully saturated rings.